The van der Waals surface area contributed by atoms with E-state index in [1.54, 1.807) is 4.90 Å². The van der Waals surface area contributed by atoms with Crippen LogP contribution in [0.2, 0.25) is 0 Å². The van der Waals surface area contributed by atoms with Crippen molar-refractivity contribution in [2.45, 2.75) is 45.6 Å². The zero-order valence-electron chi connectivity index (χ0n) is 22.0. The number of amides is 2. The van der Waals surface area contributed by atoms with Crippen LogP contribution in [-0.4, -0.2) is 65.8 Å². The van der Waals surface area contributed by atoms with Crippen LogP contribution in [0.4, 0.5) is 0 Å². The van der Waals surface area contributed by atoms with E-state index in [1.165, 1.54) is 24.8 Å². The molecule has 1 aromatic heterocycles. The number of rotatable bonds is 12. The molecule has 4 rings (SSSR count). The van der Waals surface area contributed by atoms with E-state index in [0.29, 0.717) is 26.1 Å². The van der Waals surface area contributed by atoms with Gasteiger partial charge in [-0.15, -0.1) is 0 Å². The second-order valence-corrected chi connectivity index (χ2v) is 9.94. The van der Waals surface area contributed by atoms with Gasteiger partial charge in [-0.3, -0.25) is 9.59 Å². The van der Waals surface area contributed by atoms with Crippen molar-refractivity contribution in [1.82, 2.24) is 14.7 Å². The van der Waals surface area contributed by atoms with E-state index in [1.807, 2.05) is 72.5 Å². The lowest BCUT2D eigenvalue weighted by atomic mass is 10.1. The van der Waals surface area contributed by atoms with Gasteiger partial charge < -0.3 is 19.1 Å². The number of carbonyl (C=O) groups excluding carboxylic acids is 2. The summed E-state index contributed by atoms with van der Waals surface area (Å²) in [7, 11) is 0. The van der Waals surface area contributed by atoms with Crippen molar-refractivity contribution >= 4 is 11.8 Å². The number of nitrogens with zero attached hydrogens (tertiary/aromatic N) is 3. The molecule has 6 nitrogen and oxygen atoms in total. The number of hydrogen-bond acceptors (Lipinski definition) is 4. The topological polar surface area (TPSA) is 57.0 Å². The molecule has 0 unspecified atom stereocenters. The minimum Gasteiger partial charge on any atom is -0.464 e. The van der Waals surface area contributed by atoms with Crippen LogP contribution >= 0.6 is 0 Å². The molecule has 0 aliphatic carbocycles. The molecule has 0 spiro atoms. The molecule has 2 amide bonds. The fourth-order valence-corrected chi connectivity index (χ4v) is 4.84. The lowest BCUT2D eigenvalue weighted by Crippen LogP contribution is -2.47. The average Bonchev–Trinajstić information content (AvgIpc) is 3.35. The first-order chi connectivity index (χ1) is 18.1. The van der Waals surface area contributed by atoms with E-state index in [2.05, 4.69) is 17.0 Å². The van der Waals surface area contributed by atoms with Gasteiger partial charge in [0, 0.05) is 19.6 Å². The highest BCUT2D eigenvalue weighted by molar-refractivity contribution is 5.86. The summed E-state index contributed by atoms with van der Waals surface area (Å²) < 4.78 is 5.79. The lowest BCUT2D eigenvalue weighted by Gasteiger charge is -2.31. The third-order valence-corrected chi connectivity index (χ3v) is 7.02. The molecule has 1 saturated heterocycles. The van der Waals surface area contributed by atoms with Crippen molar-refractivity contribution in [3.05, 3.63) is 95.4 Å². The number of carbonyl (C=O) groups is 2. The second-order valence-electron chi connectivity index (χ2n) is 9.94. The Morgan fingerprint density at radius 1 is 0.784 bits per heavy atom. The van der Waals surface area contributed by atoms with Crippen LogP contribution < -0.4 is 0 Å². The van der Waals surface area contributed by atoms with Crippen molar-refractivity contribution < 1.29 is 14.0 Å². The molecule has 0 radical (unpaired) electrons. The molecule has 0 saturated carbocycles. The van der Waals surface area contributed by atoms with E-state index in [0.717, 1.165) is 43.1 Å². The largest absolute Gasteiger partial charge is 0.464 e. The number of furan rings is 1. The Bertz CT molecular complexity index is 1110. The fraction of sp³-hybridized carbons (Fsp3) is 0.419. The first-order valence-corrected chi connectivity index (χ1v) is 13.5. The van der Waals surface area contributed by atoms with E-state index in [4.69, 9.17) is 4.42 Å². The number of piperidine rings is 1. The molecule has 2 heterocycles. The van der Waals surface area contributed by atoms with Gasteiger partial charge in [0.25, 0.3) is 0 Å². The zero-order valence-corrected chi connectivity index (χ0v) is 22.0. The Labute approximate surface area is 220 Å². The van der Waals surface area contributed by atoms with Crippen molar-refractivity contribution in [3.63, 3.8) is 0 Å². The lowest BCUT2D eigenvalue weighted by molar-refractivity contribution is -0.140. The standard InChI is InChI=1S/C31H39N3O3/c1-26-15-16-29(37-26)24-33(20-17-27-11-5-2-6-12-27)31(36)25-34(22-21-32-18-9-4-10-19-32)30(35)23-28-13-7-3-8-14-28/h2-3,5-8,11-16H,4,9-10,17-25H2,1H3. The first-order valence-electron chi connectivity index (χ1n) is 13.5. The van der Waals surface area contributed by atoms with Crippen LogP contribution in [0.5, 0.6) is 0 Å². The predicted octanol–water partition coefficient (Wildman–Crippen LogP) is 4.72. The molecular formula is C31H39N3O3. The molecule has 2 aromatic carbocycles. The zero-order chi connectivity index (χ0) is 25.9. The maximum absolute atomic E-state index is 13.7. The smallest absolute Gasteiger partial charge is 0.242 e. The molecule has 0 atom stereocenters. The molecule has 0 bridgehead atoms. The number of hydrogen-bond donors (Lipinski definition) is 0. The average molecular weight is 502 g/mol. The highest BCUT2D eigenvalue weighted by atomic mass is 16.3. The Kier molecular flexibility index (Phi) is 9.95. The number of aryl methyl sites for hydroxylation is 1. The van der Waals surface area contributed by atoms with Crippen molar-refractivity contribution in [2.75, 3.05) is 39.3 Å². The van der Waals surface area contributed by atoms with Gasteiger partial charge in [-0.25, -0.2) is 0 Å². The maximum Gasteiger partial charge on any atom is 0.242 e. The summed E-state index contributed by atoms with van der Waals surface area (Å²) in [5.74, 6) is 1.53. The Hall–Kier alpha value is -3.38. The van der Waals surface area contributed by atoms with Crippen molar-refractivity contribution in [1.29, 1.82) is 0 Å². The Morgan fingerprint density at radius 2 is 1.46 bits per heavy atom. The quantitative estimate of drug-likeness (QED) is 0.361. The summed E-state index contributed by atoms with van der Waals surface area (Å²) in [5, 5.41) is 0. The van der Waals surface area contributed by atoms with Crippen molar-refractivity contribution in [2.24, 2.45) is 0 Å². The van der Waals surface area contributed by atoms with E-state index in [9.17, 15) is 9.59 Å². The summed E-state index contributed by atoms with van der Waals surface area (Å²) in [5.41, 5.74) is 2.15. The number of likely N-dealkylation sites (tertiary alicyclic amines) is 1. The minimum absolute atomic E-state index is 0.00610. The number of benzene rings is 2. The van der Waals surface area contributed by atoms with Crippen LogP contribution in [0.3, 0.4) is 0 Å². The summed E-state index contributed by atoms with van der Waals surface area (Å²) in [6, 6.07) is 23.8. The van der Waals surface area contributed by atoms with Crippen LogP contribution in [0.15, 0.2) is 77.2 Å². The Morgan fingerprint density at radius 3 is 2.11 bits per heavy atom. The summed E-state index contributed by atoms with van der Waals surface area (Å²) in [4.78, 5) is 33.1. The van der Waals surface area contributed by atoms with Gasteiger partial charge in [0.1, 0.15) is 11.5 Å². The van der Waals surface area contributed by atoms with Crippen LogP contribution in [0.25, 0.3) is 0 Å². The van der Waals surface area contributed by atoms with Gasteiger partial charge in [-0.05, 0) is 62.5 Å². The molecule has 6 heteroatoms. The van der Waals surface area contributed by atoms with Crippen LogP contribution in [0.1, 0.15) is 41.9 Å². The van der Waals surface area contributed by atoms with Gasteiger partial charge in [-0.2, -0.15) is 0 Å². The molecule has 1 fully saturated rings. The molecule has 1 aliphatic heterocycles. The molecule has 37 heavy (non-hydrogen) atoms. The summed E-state index contributed by atoms with van der Waals surface area (Å²) in [6.07, 6.45) is 4.72. The highest BCUT2D eigenvalue weighted by Crippen LogP contribution is 2.13. The molecular weight excluding hydrogens is 462 g/mol. The maximum atomic E-state index is 13.7. The third-order valence-electron chi connectivity index (χ3n) is 7.02. The first kappa shape index (κ1) is 26.7. The van der Waals surface area contributed by atoms with Gasteiger partial charge in [0.2, 0.25) is 11.8 Å². The molecule has 0 N–H and O–H groups in total. The van der Waals surface area contributed by atoms with Crippen LogP contribution in [-0.2, 0) is 29.0 Å². The normalized spacial score (nSPS) is 13.9. The van der Waals surface area contributed by atoms with E-state index >= 15 is 0 Å². The fourth-order valence-electron chi connectivity index (χ4n) is 4.84. The summed E-state index contributed by atoms with van der Waals surface area (Å²) in [6.45, 7) is 6.43. The van der Waals surface area contributed by atoms with E-state index in [-0.39, 0.29) is 18.4 Å². The van der Waals surface area contributed by atoms with Crippen molar-refractivity contribution in [3.8, 4) is 0 Å². The molecule has 1 aliphatic rings. The molecule has 3 aromatic rings. The van der Waals surface area contributed by atoms with Gasteiger partial charge in [0.05, 0.1) is 19.5 Å². The predicted molar refractivity (Wildman–Crippen MR) is 146 cm³/mol. The second kappa shape index (κ2) is 13.8. The highest BCUT2D eigenvalue weighted by Gasteiger charge is 2.23. The Balaban J connectivity index is 1.46. The summed E-state index contributed by atoms with van der Waals surface area (Å²) >= 11 is 0. The van der Waals surface area contributed by atoms with Gasteiger partial charge >= 0.3 is 0 Å². The third kappa shape index (κ3) is 8.60. The van der Waals surface area contributed by atoms with Gasteiger partial charge in [0.15, 0.2) is 0 Å². The van der Waals surface area contributed by atoms with Crippen LogP contribution in [0, 0.1) is 6.92 Å². The monoisotopic (exact) mass is 501 g/mol. The van der Waals surface area contributed by atoms with E-state index < -0.39 is 0 Å². The molecule has 196 valence electrons. The minimum atomic E-state index is -0.0509. The SMILES string of the molecule is Cc1ccc(CN(CCc2ccccc2)C(=O)CN(CCN2CCCCC2)C(=O)Cc2ccccc2)o1. The van der Waals surface area contributed by atoms with Gasteiger partial charge in [-0.1, -0.05) is 67.1 Å².